The van der Waals surface area contributed by atoms with Gasteiger partial charge in [0.15, 0.2) is 0 Å². The van der Waals surface area contributed by atoms with Crippen LogP contribution < -0.4 is 11.5 Å². The molecule has 0 aliphatic heterocycles. The van der Waals surface area contributed by atoms with Crippen molar-refractivity contribution < 1.29 is 0 Å². The molecule has 1 heterocycles. The summed E-state index contributed by atoms with van der Waals surface area (Å²) in [6.07, 6.45) is 3.72. The molecule has 1 atom stereocenters. The van der Waals surface area contributed by atoms with Gasteiger partial charge in [0.05, 0.1) is 0 Å². The van der Waals surface area contributed by atoms with E-state index in [1.165, 1.54) is 0 Å². The minimum absolute atomic E-state index is 0.0460. The van der Waals surface area contributed by atoms with Crippen LogP contribution in [0.5, 0.6) is 0 Å². The Morgan fingerprint density at radius 1 is 1.62 bits per heavy atom. The van der Waals surface area contributed by atoms with Gasteiger partial charge < -0.3 is 11.5 Å². The number of rotatable bonds is 3. The molecule has 0 aliphatic rings. The zero-order valence-electron chi connectivity index (χ0n) is 7.63. The Labute approximate surface area is 86.7 Å². The lowest BCUT2D eigenvalue weighted by Crippen LogP contribution is -2.11. The highest BCUT2D eigenvalue weighted by Crippen LogP contribution is 2.25. The summed E-state index contributed by atoms with van der Waals surface area (Å²) in [6, 6.07) is 1.87. The smallest absolute Gasteiger partial charge is 0.123 e. The molecule has 0 amide bonds. The molecule has 1 aromatic rings. The van der Waals surface area contributed by atoms with Crippen LogP contribution in [0.3, 0.4) is 0 Å². The Hall–Kier alpha value is -0.610. The minimum Gasteiger partial charge on any atom is -0.384 e. The van der Waals surface area contributed by atoms with Crippen molar-refractivity contribution in [2.24, 2.45) is 5.73 Å². The molecule has 3 nitrogen and oxygen atoms in total. The minimum atomic E-state index is 0.0460. The number of nitrogens with two attached hydrogens (primary N) is 2. The first-order chi connectivity index (χ1) is 6.15. The second kappa shape index (κ2) is 4.58. The summed E-state index contributed by atoms with van der Waals surface area (Å²) >= 11 is 3.40. The molecule has 0 fully saturated rings. The van der Waals surface area contributed by atoms with E-state index in [2.05, 4.69) is 27.8 Å². The van der Waals surface area contributed by atoms with Crippen LogP contribution in [-0.4, -0.2) is 4.98 Å². The van der Waals surface area contributed by atoms with Crippen LogP contribution in [0.1, 0.15) is 31.4 Å². The van der Waals surface area contributed by atoms with Gasteiger partial charge in [-0.1, -0.05) is 13.3 Å². The highest BCUT2D eigenvalue weighted by atomic mass is 79.9. The van der Waals surface area contributed by atoms with Crippen LogP contribution >= 0.6 is 15.9 Å². The van der Waals surface area contributed by atoms with Gasteiger partial charge in [-0.2, -0.15) is 0 Å². The van der Waals surface area contributed by atoms with E-state index in [0.29, 0.717) is 5.82 Å². The number of nitrogens with zero attached hydrogens (tertiary/aromatic N) is 1. The van der Waals surface area contributed by atoms with Gasteiger partial charge >= 0.3 is 0 Å². The maximum Gasteiger partial charge on any atom is 0.123 e. The summed E-state index contributed by atoms with van der Waals surface area (Å²) in [5.74, 6) is 0.518. The van der Waals surface area contributed by atoms with Gasteiger partial charge in [0, 0.05) is 16.7 Å². The third kappa shape index (κ3) is 2.67. The van der Waals surface area contributed by atoms with Crippen LogP contribution in [-0.2, 0) is 0 Å². The number of anilines is 1. The Balaban J connectivity index is 2.91. The number of hydrogen-bond acceptors (Lipinski definition) is 3. The van der Waals surface area contributed by atoms with E-state index in [0.717, 1.165) is 22.9 Å². The second-order valence-corrected chi connectivity index (χ2v) is 3.88. The number of pyridine rings is 1. The Bertz CT molecular complexity index is 288. The Morgan fingerprint density at radius 2 is 2.31 bits per heavy atom. The Kier molecular flexibility index (Phi) is 3.69. The van der Waals surface area contributed by atoms with Crippen LogP contribution in [0.15, 0.2) is 16.7 Å². The second-order valence-electron chi connectivity index (χ2n) is 3.03. The molecule has 0 unspecified atom stereocenters. The van der Waals surface area contributed by atoms with E-state index < -0.39 is 0 Å². The highest BCUT2D eigenvalue weighted by Gasteiger charge is 2.09. The summed E-state index contributed by atoms with van der Waals surface area (Å²) < 4.78 is 0.933. The van der Waals surface area contributed by atoms with Crippen molar-refractivity contribution in [3.8, 4) is 0 Å². The fraction of sp³-hybridized carbons (Fsp3) is 0.444. The fourth-order valence-electron chi connectivity index (χ4n) is 1.22. The molecule has 0 aromatic carbocycles. The van der Waals surface area contributed by atoms with Crippen molar-refractivity contribution in [1.29, 1.82) is 0 Å². The van der Waals surface area contributed by atoms with Gasteiger partial charge in [-0.25, -0.2) is 4.98 Å². The quantitative estimate of drug-likeness (QED) is 0.856. The lowest BCUT2D eigenvalue weighted by Gasteiger charge is -2.12. The van der Waals surface area contributed by atoms with Crippen molar-refractivity contribution in [2.45, 2.75) is 25.8 Å². The van der Waals surface area contributed by atoms with E-state index >= 15 is 0 Å². The zero-order valence-corrected chi connectivity index (χ0v) is 9.21. The van der Waals surface area contributed by atoms with Crippen LogP contribution in [0.4, 0.5) is 5.82 Å². The van der Waals surface area contributed by atoms with E-state index in [9.17, 15) is 0 Å². The number of halogens is 1. The van der Waals surface area contributed by atoms with E-state index in [4.69, 9.17) is 11.5 Å². The van der Waals surface area contributed by atoms with E-state index in [-0.39, 0.29) is 6.04 Å². The van der Waals surface area contributed by atoms with E-state index in [1.807, 2.05) is 6.07 Å². The summed E-state index contributed by atoms with van der Waals surface area (Å²) in [4.78, 5) is 3.96. The Morgan fingerprint density at radius 3 is 2.92 bits per heavy atom. The summed E-state index contributed by atoms with van der Waals surface area (Å²) in [5.41, 5.74) is 12.6. The molecule has 72 valence electrons. The van der Waals surface area contributed by atoms with Gasteiger partial charge in [0.1, 0.15) is 5.82 Å². The van der Waals surface area contributed by atoms with Crippen molar-refractivity contribution in [3.63, 3.8) is 0 Å². The molecule has 0 radical (unpaired) electrons. The third-order valence-corrected chi connectivity index (χ3v) is 2.57. The van der Waals surface area contributed by atoms with Gasteiger partial charge in [-0.3, -0.25) is 0 Å². The molecule has 1 aromatic heterocycles. The first-order valence-corrected chi connectivity index (χ1v) is 5.11. The monoisotopic (exact) mass is 243 g/mol. The SMILES string of the molecule is CCC[C@@H](N)c1cc(N)ncc1Br. The standard InChI is InChI=1S/C9H14BrN3/c1-2-3-8(11)6-4-9(12)13-5-7(6)10/h4-5,8H,2-3,11H2,1H3,(H2,12,13)/t8-/m1/s1. The number of hydrogen-bond donors (Lipinski definition) is 2. The predicted octanol–water partition coefficient (Wildman–Crippen LogP) is 2.23. The van der Waals surface area contributed by atoms with Gasteiger partial charge in [-0.05, 0) is 34.0 Å². The lowest BCUT2D eigenvalue weighted by molar-refractivity contribution is 0.635. The molecular formula is C9H14BrN3. The van der Waals surface area contributed by atoms with Crippen LogP contribution in [0.25, 0.3) is 0 Å². The molecule has 1 rings (SSSR count). The number of nitrogen functional groups attached to an aromatic ring is 1. The maximum atomic E-state index is 5.96. The predicted molar refractivity (Wildman–Crippen MR) is 58.2 cm³/mol. The molecule has 0 aliphatic carbocycles. The van der Waals surface area contributed by atoms with Crippen molar-refractivity contribution in [2.75, 3.05) is 5.73 Å². The molecule has 13 heavy (non-hydrogen) atoms. The third-order valence-electron chi connectivity index (χ3n) is 1.91. The molecule has 0 spiro atoms. The summed E-state index contributed by atoms with van der Waals surface area (Å²) in [6.45, 7) is 2.11. The summed E-state index contributed by atoms with van der Waals surface area (Å²) in [7, 11) is 0. The number of aromatic nitrogens is 1. The van der Waals surface area contributed by atoms with Gasteiger partial charge in [0.25, 0.3) is 0 Å². The maximum absolute atomic E-state index is 5.96. The first-order valence-electron chi connectivity index (χ1n) is 4.31. The average Bonchev–Trinajstić information content (AvgIpc) is 2.09. The van der Waals surface area contributed by atoms with Crippen LogP contribution in [0.2, 0.25) is 0 Å². The first kappa shape index (κ1) is 10.5. The molecule has 0 bridgehead atoms. The van der Waals surface area contributed by atoms with Crippen molar-refractivity contribution in [1.82, 2.24) is 4.98 Å². The van der Waals surface area contributed by atoms with Gasteiger partial charge in [0.2, 0.25) is 0 Å². The summed E-state index contributed by atoms with van der Waals surface area (Å²) in [5, 5.41) is 0. The van der Waals surface area contributed by atoms with Crippen molar-refractivity contribution in [3.05, 3.63) is 22.3 Å². The van der Waals surface area contributed by atoms with Gasteiger partial charge in [-0.15, -0.1) is 0 Å². The molecule has 0 saturated carbocycles. The van der Waals surface area contributed by atoms with E-state index in [1.54, 1.807) is 6.20 Å². The van der Waals surface area contributed by atoms with Crippen molar-refractivity contribution >= 4 is 21.7 Å². The fourth-order valence-corrected chi connectivity index (χ4v) is 1.73. The molecule has 4 N–H and O–H groups in total. The largest absolute Gasteiger partial charge is 0.384 e. The zero-order chi connectivity index (χ0) is 9.84. The van der Waals surface area contributed by atoms with Crippen LogP contribution in [0, 0.1) is 0 Å². The molecular weight excluding hydrogens is 230 g/mol. The topological polar surface area (TPSA) is 64.9 Å². The normalized spacial score (nSPS) is 12.8. The molecule has 0 saturated heterocycles. The highest BCUT2D eigenvalue weighted by molar-refractivity contribution is 9.10. The lowest BCUT2D eigenvalue weighted by atomic mass is 10.0. The average molecular weight is 244 g/mol. The molecule has 4 heteroatoms.